The van der Waals surface area contributed by atoms with Gasteiger partial charge in [0.2, 0.25) is 0 Å². The Morgan fingerprint density at radius 2 is 1.56 bits per heavy atom. The summed E-state index contributed by atoms with van der Waals surface area (Å²) >= 11 is 3.39. The molecule has 0 atom stereocenters. The molecule has 0 radical (unpaired) electrons. The van der Waals surface area contributed by atoms with Gasteiger partial charge in [0.25, 0.3) is 10.2 Å². The first-order valence-electron chi connectivity index (χ1n) is 5.76. The number of halogens is 1. The molecule has 6 heteroatoms. The van der Waals surface area contributed by atoms with E-state index < -0.39 is 10.2 Å². The van der Waals surface area contributed by atoms with E-state index in [0.717, 1.165) is 12.8 Å². The first-order valence-corrected chi connectivity index (χ1v) is 8.32. The fraction of sp³-hybridized carbons (Fsp3) is 1.00. The van der Waals surface area contributed by atoms with E-state index >= 15 is 0 Å². The van der Waals surface area contributed by atoms with Gasteiger partial charge in [-0.1, -0.05) is 43.6 Å². The summed E-state index contributed by atoms with van der Waals surface area (Å²) in [6, 6.07) is 0. The standard InChI is InChI=1S/C10H23BrN2O2S/c1-5-10(6-2,9-11)12-16(14,15)13(7-3)8-4/h12H,5-9H2,1-4H3. The smallest absolute Gasteiger partial charge is 0.195 e. The molecule has 0 aromatic rings. The van der Waals surface area contributed by atoms with Crippen molar-refractivity contribution in [2.75, 3.05) is 18.4 Å². The van der Waals surface area contributed by atoms with Crippen LogP contribution in [0.4, 0.5) is 0 Å². The van der Waals surface area contributed by atoms with Crippen LogP contribution < -0.4 is 4.72 Å². The quantitative estimate of drug-likeness (QED) is 0.698. The third-order valence-corrected chi connectivity index (χ3v) is 5.96. The second-order valence-electron chi connectivity index (χ2n) is 3.81. The second kappa shape index (κ2) is 6.93. The van der Waals surface area contributed by atoms with Crippen LogP contribution in [0.1, 0.15) is 40.5 Å². The minimum atomic E-state index is -3.36. The number of nitrogens with one attached hydrogen (secondary N) is 1. The molecule has 0 amide bonds. The number of alkyl halides is 1. The van der Waals surface area contributed by atoms with E-state index in [2.05, 4.69) is 20.7 Å². The van der Waals surface area contributed by atoms with Gasteiger partial charge < -0.3 is 0 Å². The maximum atomic E-state index is 12.1. The van der Waals surface area contributed by atoms with Crippen LogP contribution in [-0.2, 0) is 10.2 Å². The number of hydrogen-bond donors (Lipinski definition) is 1. The summed E-state index contributed by atoms with van der Waals surface area (Å²) in [5.74, 6) is 0. The van der Waals surface area contributed by atoms with E-state index in [0.29, 0.717) is 18.4 Å². The maximum Gasteiger partial charge on any atom is 0.279 e. The second-order valence-corrected chi connectivity index (χ2v) is 6.04. The van der Waals surface area contributed by atoms with Crippen molar-refractivity contribution in [1.29, 1.82) is 0 Å². The summed E-state index contributed by atoms with van der Waals surface area (Å²) in [6.07, 6.45) is 1.55. The Labute approximate surface area is 108 Å². The normalized spacial score (nSPS) is 13.4. The first kappa shape index (κ1) is 16.4. The van der Waals surface area contributed by atoms with Gasteiger partial charge in [-0.2, -0.15) is 17.4 Å². The van der Waals surface area contributed by atoms with E-state index in [1.54, 1.807) is 0 Å². The zero-order valence-electron chi connectivity index (χ0n) is 10.6. The molecule has 0 bridgehead atoms. The molecule has 0 aliphatic heterocycles. The molecule has 0 aliphatic carbocycles. The van der Waals surface area contributed by atoms with Crippen molar-refractivity contribution < 1.29 is 8.42 Å². The van der Waals surface area contributed by atoms with Gasteiger partial charge in [0, 0.05) is 24.0 Å². The lowest BCUT2D eigenvalue weighted by atomic mass is 9.97. The highest BCUT2D eigenvalue weighted by molar-refractivity contribution is 9.09. The highest BCUT2D eigenvalue weighted by Crippen LogP contribution is 2.20. The topological polar surface area (TPSA) is 49.4 Å². The monoisotopic (exact) mass is 314 g/mol. The van der Waals surface area contributed by atoms with Crippen LogP contribution >= 0.6 is 15.9 Å². The van der Waals surface area contributed by atoms with Gasteiger partial charge in [0.15, 0.2) is 0 Å². The Hall–Kier alpha value is 0.350. The zero-order valence-corrected chi connectivity index (χ0v) is 13.0. The molecule has 0 fully saturated rings. The third kappa shape index (κ3) is 3.98. The van der Waals surface area contributed by atoms with Gasteiger partial charge in [0.05, 0.1) is 0 Å². The summed E-state index contributed by atoms with van der Waals surface area (Å²) in [5, 5.41) is 0.632. The van der Waals surface area contributed by atoms with Gasteiger partial charge in [-0.3, -0.25) is 0 Å². The number of rotatable bonds is 8. The van der Waals surface area contributed by atoms with Gasteiger partial charge in [-0.25, -0.2) is 0 Å². The van der Waals surface area contributed by atoms with E-state index in [4.69, 9.17) is 0 Å². The molecule has 1 N–H and O–H groups in total. The summed E-state index contributed by atoms with van der Waals surface area (Å²) in [5.41, 5.74) is -0.374. The molecular weight excluding hydrogens is 292 g/mol. The zero-order chi connectivity index (χ0) is 12.8. The van der Waals surface area contributed by atoms with Crippen LogP contribution in [0.3, 0.4) is 0 Å². The van der Waals surface area contributed by atoms with Crippen LogP contribution in [-0.4, -0.2) is 36.7 Å². The molecular formula is C10H23BrN2O2S. The molecule has 98 valence electrons. The fourth-order valence-corrected chi connectivity index (χ4v) is 4.35. The molecule has 0 aliphatic rings. The molecule has 0 rings (SSSR count). The van der Waals surface area contributed by atoms with Crippen molar-refractivity contribution >= 4 is 26.1 Å². The molecule has 16 heavy (non-hydrogen) atoms. The third-order valence-electron chi connectivity index (χ3n) is 3.00. The van der Waals surface area contributed by atoms with E-state index in [1.807, 2.05) is 27.7 Å². The maximum absolute atomic E-state index is 12.1. The van der Waals surface area contributed by atoms with Crippen LogP contribution in [0.25, 0.3) is 0 Å². The van der Waals surface area contributed by atoms with Crippen LogP contribution in [0, 0.1) is 0 Å². The Morgan fingerprint density at radius 1 is 1.12 bits per heavy atom. The van der Waals surface area contributed by atoms with Gasteiger partial charge in [0.1, 0.15) is 0 Å². The predicted octanol–water partition coefficient (Wildman–Crippen LogP) is 2.12. The summed E-state index contributed by atoms with van der Waals surface area (Å²) < 4.78 is 28.4. The van der Waals surface area contributed by atoms with Gasteiger partial charge in [-0.05, 0) is 12.8 Å². The van der Waals surface area contributed by atoms with E-state index in [-0.39, 0.29) is 5.54 Å². The molecule has 4 nitrogen and oxygen atoms in total. The Kier molecular flexibility index (Phi) is 7.09. The van der Waals surface area contributed by atoms with E-state index in [1.165, 1.54) is 4.31 Å². The minimum absolute atomic E-state index is 0.374. The van der Waals surface area contributed by atoms with Crippen molar-refractivity contribution in [3.8, 4) is 0 Å². The summed E-state index contributed by atoms with van der Waals surface area (Å²) in [4.78, 5) is 0. The highest BCUT2D eigenvalue weighted by atomic mass is 79.9. The fourth-order valence-electron chi connectivity index (χ4n) is 1.51. The van der Waals surface area contributed by atoms with Gasteiger partial charge in [-0.15, -0.1) is 0 Å². The molecule has 0 heterocycles. The summed E-state index contributed by atoms with van der Waals surface area (Å²) in [6.45, 7) is 8.67. The van der Waals surface area contributed by atoms with Gasteiger partial charge >= 0.3 is 0 Å². The average Bonchev–Trinajstić information content (AvgIpc) is 2.27. The molecule has 0 saturated carbocycles. The Bertz CT molecular complexity index is 277. The minimum Gasteiger partial charge on any atom is -0.195 e. The van der Waals surface area contributed by atoms with Crippen molar-refractivity contribution in [1.82, 2.24) is 9.03 Å². The van der Waals surface area contributed by atoms with Crippen molar-refractivity contribution in [3.05, 3.63) is 0 Å². The van der Waals surface area contributed by atoms with Crippen molar-refractivity contribution in [2.45, 2.75) is 46.1 Å². The number of hydrogen-bond acceptors (Lipinski definition) is 2. The SMILES string of the molecule is CCN(CC)S(=O)(=O)NC(CC)(CC)CBr. The first-order chi connectivity index (χ1) is 7.41. The van der Waals surface area contributed by atoms with Crippen molar-refractivity contribution in [3.63, 3.8) is 0 Å². The largest absolute Gasteiger partial charge is 0.279 e. The lowest BCUT2D eigenvalue weighted by Crippen LogP contribution is -2.54. The molecule has 0 saturated heterocycles. The summed E-state index contributed by atoms with van der Waals surface area (Å²) in [7, 11) is -3.36. The average molecular weight is 315 g/mol. The van der Waals surface area contributed by atoms with Crippen molar-refractivity contribution in [2.24, 2.45) is 0 Å². The lowest BCUT2D eigenvalue weighted by Gasteiger charge is -2.33. The predicted molar refractivity (Wildman–Crippen MR) is 72.1 cm³/mol. The Balaban J connectivity index is 4.92. The van der Waals surface area contributed by atoms with E-state index in [9.17, 15) is 8.42 Å². The number of nitrogens with zero attached hydrogens (tertiary/aromatic N) is 1. The Morgan fingerprint density at radius 3 is 1.81 bits per heavy atom. The molecule has 0 aromatic carbocycles. The molecule has 0 spiro atoms. The molecule has 0 aromatic heterocycles. The van der Waals surface area contributed by atoms with Crippen LogP contribution in [0.5, 0.6) is 0 Å². The van der Waals surface area contributed by atoms with Crippen LogP contribution in [0.15, 0.2) is 0 Å². The van der Waals surface area contributed by atoms with Crippen LogP contribution in [0.2, 0.25) is 0 Å². The highest BCUT2D eigenvalue weighted by Gasteiger charge is 2.32. The lowest BCUT2D eigenvalue weighted by molar-refractivity contribution is 0.366. The molecule has 0 unspecified atom stereocenters.